The molecule has 5 heteroatoms. The Kier molecular flexibility index (Phi) is 4.00. The van der Waals surface area contributed by atoms with Crippen molar-refractivity contribution in [2.75, 3.05) is 0 Å². The summed E-state index contributed by atoms with van der Waals surface area (Å²) < 4.78 is 5.03. The van der Waals surface area contributed by atoms with E-state index in [1.807, 2.05) is 6.92 Å². The van der Waals surface area contributed by atoms with Crippen molar-refractivity contribution in [3.63, 3.8) is 0 Å². The first-order valence-electron chi connectivity index (χ1n) is 5.93. The van der Waals surface area contributed by atoms with Gasteiger partial charge in [0, 0.05) is 11.6 Å². The van der Waals surface area contributed by atoms with Gasteiger partial charge in [0.05, 0.1) is 6.26 Å². The second-order valence-electron chi connectivity index (χ2n) is 4.20. The van der Waals surface area contributed by atoms with Gasteiger partial charge in [0.15, 0.2) is 0 Å². The van der Waals surface area contributed by atoms with E-state index in [0.717, 1.165) is 5.56 Å². The maximum atomic E-state index is 12.0. The third-order valence-electron chi connectivity index (χ3n) is 2.62. The van der Waals surface area contributed by atoms with Crippen LogP contribution in [0.4, 0.5) is 0 Å². The molecule has 0 saturated carbocycles. The minimum atomic E-state index is -1.23. The lowest BCUT2D eigenvalue weighted by atomic mass is 10.1. The van der Waals surface area contributed by atoms with Crippen LogP contribution in [-0.2, 0) is 4.79 Å². The average molecular weight is 271 g/mol. The number of carbonyl (C=O) groups is 2. The zero-order chi connectivity index (χ0) is 14.5. The molecule has 0 bridgehead atoms. The minimum absolute atomic E-state index is 0.245. The van der Waals surface area contributed by atoms with E-state index in [-0.39, 0.29) is 5.70 Å². The molecule has 0 aliphatic heterocycles. The first-order chi connectivity index (χ1) is 9.56. The van der Waals surface area contributed by atoms with Crippen LogP contribution in [0.25, 0.3) is 6.08 Å². The summed E-state index contributed by atoms with van der Waals surface area (Å²) in [4.78, 5) is 23.1. The van der Waals surface area contributed by atoms with Crippen LogP contribution in [0.2, 0.25) is 0 Å². The van der Waals surface area contributed by atoms with Gasteiger partial charge in [-0.15, -0.1) is 0 Å². The van der Waals surface area contributed by atoms with Crippen LogP contribution in [0.5, 0.6) is 0 Å². The Bertz CT molecular complexity index is 639. The predicted molar refractivity (Wildman–Crippen MR) is 73.0 cm³/mol. The summed E-state index contributed by atoms with van der Waals surface area (Å²) >= 11 is 0. The zero-order valence-electron chi connectivity index (χ0n) is 10.8. The Morgan fingerprint density at radius 2 is 1.90 bits per heavy atom. The number of aryl methyl sites for hydroxylation is 1. The number of hydrogen-bond acceptors (Lipinski definition) is 3. The molecular weight excluding hydrogens is 258 g/mol. The first kappa shape index (κ1) is 13.6. The van der Waals surface area contributed by atoms with E-state index < -0.39 is 11.9 Å². The molecule has 2 rings (SSSR count). The maximum absolute atomic E-state index is 12.0. The molecule has 0 aliphatic rings. The van der Waals surface area contributed by atoms with Crippen molar-refractivity contribution < 1.29 is 19.1 Å². The average Bonchev–Trinajstić information content (AvgIpc) is 2.91. The highest BCUT2D eigenvalue weighted by Gasteiger charge is 2.13. The summed E-state index contributed by atoms with van der Waals surface area (Å²) in [5, 5.41) is 11.4. The van der Waals surface area contributed by atoms with Crippen LogP contribution >= 0.6 is 0 Å². The van der Waals surface area contributed by atoms with Gasteiger partial charge in [0.25, 0.3) is 5.91 Å². The Labute approximate surface area is 115 Å². The van der Waals surface area contributed by atoms with Crippen molar-refractivity contribution in [3.8, 4) is 0 Å². The second kappa shape index (κ2) is 5.88. The molecule has 0 aliphatic carbocycles. The van der Waals surface area contributed by atoms with E-state index in [9.17, 15) is 9.59 Å². The normalized spacial score (nSPS) is 11.2. The third kappa shape index (κ3) is 3.35. The van der Waals surface area contributed by atoms with E-state index in [4.69, 9.17) is 9.52 Å². The molecule has 1 heterocycles. The molecule has 0 spiro atoms. The number of rotatable bonds is 4. The lowest BCUT2D eigenvalue weighted by Crippen LogP contribution is -2.27. The van der Waals surface area contributed by atoms with E-state index in [1.54, 1.807) is 36.4 Å². The molecule has 1 aromatic heterocycles. The monoisotopic (exact) mass is 271 g/mol. The molecular formula is C15H13NO4. The number of carbonyl (C=O) groups excluding carboxylic acids is 1. The van der Waals surface area contributed by atoms with Gasteiger partial charge in [-0.2, -0.15) is 0 Å². The summed E-state index contributed by atoms with van der Waals surface area (Å²) in [5.74, 6) is -1.36. The van der Waals surface area contributed by atoms with Gasteiger partial charge >= 0.3 is 5.97 Å². The maximum Gasteiger partial charge on any atom is 0.352 e. The van der Waals surface area contributed by atoms with Crippen molar-refractivity contribution in [2.24, 2.45) is 0 Å². The fourth-order valence-corrected chi connectivity index (χ4v) is 1.57. The number of furan rings is 1. The van der Waals surface area contributed by atoms with Crippen molar-refractivity contribution in [3.05, 3.63) is 65.2 Å². The quantitative estimate of drug-likeness (QED) is 0.837. The van der Waals surface area contributed by atoms with Gasteiger partial charge < -0.3 is 14.8 Å². The smallest absolute Gasteiger partial charge is 0.352 e. The molecule has 0 saturated heterocycles. The molecule has 2 N–H and O–H groups in total. The highest BCUT2D eigenvalue weighted by atomic mass is 16.4. The lowest BCUT2D eigenvalue weighted by molar-refractivity contribution is -0.132. The van der Waals surface area contributed by atoms with Gasteiger partial charge in [-0.05, 0) is 31.2 Å². The largest absolute Gasteiger partial charge is 0.477 e. The van der Waals surface area contributed by atoms with Crippen LogP contribution < -0.4 is 5.32 Å². The highest BCUT2D eigenvalue weighted by Crippen LogP contribution is 2.08. The molecule has 0 atom stereocenters. The summed E-state index contributed by atoms with van der Waals surface area (Å²) in [5.41, 5.74) is 1.17. The molecule has 102 valence electrons. The van der Waals surface area contributed by atoms with Gasteiger partial charge in [0.2, 0.25) is 0 Å². The van der Waals surface area contributed by atoms with Crippen molar-refractivity contribution >= 4 is 18.0 Å². The molecule has 0 fully saturated rings. The van der Waals surface area contributed by atoms with E-state index >= 15 is 0 Å². The van der Waals surface area contributed by atoms with Crippen molar-refractivity contribution in [1.29, 1.82) is 0 Å². The van der Waals surface area contributed by atoms with E-state index in [2.05, 4.69) is 5.32 Å². The number of benzene rings is 1. The molecule has 0 unspecified atom stereocenters. The van der Waals surface area contributed by atoms with Crippen molar-refractivity contribution in [1.82, 2.24) is 5.32 Å². The first-order valence-corrected chi connectivity index (χ1v) is 5.93. The SMILES string of the molecule is Cc1ccc(C(=O)N/C(=C\c2ccco2)C(=O)O)cc1. The van der Waals surface area contributed by atoms with Crippen LogP contribution in [0, 0.1) is 6.92 Å². The fourth-order valence-electron chi connectivity index (χ4n) is 1.57. The molecule has 2 aromatic rings. The van der Waals surface area contributed by atoms with Gasteiger partial charge in [-0.25, -0.2) is 4.79 Å². The summed E-state index contributed by atoms with van der Waals surface area (Å²) in [6.07, 6.45) is 2.68. The van der Waals surface area contributed by atoms with E-state index in [1.165, 1.54) is 12.3 Å². The Balaban J connectivity index is 2.18. The second-order valence-corrected chi connectivity index (χ2v) is 4.20. The van der Waals surface area contributed by atoms with Gasteiger partial charge in [-0.3, -0.25) is 4.79 Å². The summed E-state index contributed by atoms with van der Waals surface area (Å²) in [6, 6.07) is 10.1. The topological polar surface area (TPSA) is 79.5 Å². The standard InChI is InChI=1S/C15H13NO4/c1-10-4-6-11(7-5-10)14(17)16-13(15(18)19)9-12-3-2-8-20-12/h2-9H,1H3,(H,16,17)(H,18,19)/b13-9-. The van der Waals surface area contributed by atoms with Crippen LogP contribution in [0.1, 0.15) is 21.7 Å². The molecule has 0 radical (unpaired) electrons. The van der Waals surface area contributed by atoms with Crippen LogP contribution in [0.15, 0.2) is 52.8 Å². The van der Waals surface area contributed by atoms with Crippen molar-refractivity contribution in [2.45, 2.75) is 6.92 Å². The minimum Gasteiger partial charge on any atom is -0.477 e. The number of amides is 1. The predicted octanol–water partition coefficient (Wildman–Crippen LogP) is 2.44. The Morgan fingerprint density at radius 3 is 2.45 bits per heavy atom. The third-order valence-corrected chi connectivity index (χ3v) is 2.62. The number of hydrogen-bond donors (Lipinski definition) is 2. The highest BCUT2D eigenvalue weighted by molar-refractivity contribution is 6.02. The molecule has 1 aromatic carbocycles. The van der Waals surface area contributed by atoms with Crippen LogP contribution in [-0.4, -0.2) is 17.0 Å². The van der Waals surface area contributed by atoms with Gasteiger partial charge in [0.1, 0.15) is 11.5 Å². The van der Waals surface area contributed by atoms with E-state index in [0.29, 0.717) is 11.3 Å². The number of carboxylic acid groups (broad SMARTS) is 1. The number of carboxylic acids is 1. The van der Waals surface area contributed by atoms with Gasteiger partial charge in [-0.1, -0.05) is 17.7 Å². The number of nitrogens with one attached hydrogen (secondary N) is 1. The zero-order valence-corrected chi connectivity index (χ0v) is 10.8. The molecule has 1 amide bonds. The summed E-state index contributed by atoms with van der Waals surface area (Å²) in [6.45, 7) is 1.90. The Morgan fingerprint density at radius 1 is 1.20 bits per heavy atom. The lowest BCUT2D eigenvalue weighted by Gasteiger charge is -2.05. The molecule has 20 heavy (non-hydrogen) atoms. The summed E-state index contributed by atoms with van der Waals surface area (Å²) in [7, 11) is 0. The fraction of sp³-hybridized carbons (Fsp3) is 0.0667. The Hall–Kier alpha value is -2.82. The number of aliphatic carboxylic acids is 1. The van der Waals surface area contributed by atoms with Crippen LogP contribution in [0.3, 0.4) is 0 Å². The molecule has 5 nitrogen and oxygen atoms in total.